The van der Waals surface area contributed by atoms with Gasteiger partial charge >= 0.3 is 0 Å². The fraction of sp³-hybridized carbons (Fsp3) is 0.583. The molecular weight excluding hydrogens is 218 g/mol. The van der Waals surface area contributed by atoms with Gasteiger partial charge in [-0.15, -0.1) is 0 Å². The van der Waals surface area contributed by atoms with Gasteiger partial charge in [0.2, 0.25) is 0 Å². The summed E-state index contributed by atoms with van der Waals surface area (Å²) >= 11 is 0. The summed E-state index contributed by atoms with van der Waals surface area (Å²) in [5.74, 6) is 0.793. The van der Waals surface area contributed by atoms with Gasteiger partial charge in [0.25, 0.3) is 5.69 Å². The highest BCUT2D eigenvalue weighted by Crippen LogP contribution is 2.23. The summed E-state index contributed by atoms with van der Waals surface area (Å²) in [6.07, 6.45) is 3.40. The third-order valence-corrected chi connectivity index (χ3v) is 3.12. The lowest BCUT2D eigenvalue weighted by Gasteiger charge is -2.27. The molecule has 0 saturated carbocycles. The number of nitrogens with zero attached hydrogens (tertiary/aromatic N) is 3. The Kier molecular flexibility index (Phi) is 4.43. The van der Waals surface area contributed by atoms with Crippen LogP contribution in [0.15, 0.2) is 12.3 Å². The van der Waals surface area contributed by atoms with Gasteiger partial charge in [-0.05, 0) is 25.8 Å². The van der Waals surface area contributed by atoms with Crippen molar-refractivity contribution in [2.75, 3.05) is 11.9 Å². The second-order valence-corrected chi connectivity index (χ2v) is 4.17. The molecule has 0 bridgehead atoms. The largest absolute Gasteiger partial charge is 0.357 e. The summed E-state index contributed by atoms with van der Waals surface area (Å²) in [4.78, 5) is 16.5. The van der Waals surface area contributed by atoms with Gasteiger partial charge in [0.1, 0.15) is 12.0 Å². The maximum atomic E-state index is 10.7. The van der Waals surface area contributed by atoms with Crippen LogP contribution in [-0.2, 0) is 0 Å². The molecule has 0 aliphatic heterocycles. The van der Waals surface area contributed by atoms with Gasteiger partial charge < -0.3 is 4.90 Å². The Morgan fingerprint density at radius 2 is 2.06 bits per heavy atom. The fourth-order valence-corrected chi connectivity index (χ4v) is 1.94. The van der Waals surface area contributed by atoms with Crippen molar-refractivity contribution in [3.8, 4) is 0 Å². The molecule has 0 amide bonds. The van der Waals surface area contributed by atoms with Crippen molar-refractivity contribution in [1.82, 2.24) is 4.98 Å². The molecule has 1 heterocycles. The molecule has 0 aromatic carbocycles. The second kappa shape index (κ2) is 5.61. The number of hydrogen-bond acceptors (Lipinski definition) is 4. The standard InChI is InChI=1S/C12H19N3O2/c1-5-10(6-2)14(4)12-7-9(3)11(8-13-12)15(16)17/h7-8,10H,5-6H2,1-4H3. The van der Waals surface area contributed by atoms with E-state index in [-0.39, 0.29) is 5.69 Å². The Morgan fingerprint density at radius 3 is 2.47 bits per heavy atom. The first-order valence-electron chi connectivity index (χ1n) is 5.85. The number of rotatable bonds is 5. The Bertz CT molecular complexity index is 403. The topological polar surface area (TPSA) is 59.3 Å². The van der Waals surface area contributed by atoms with Crippen LogP contribution in [0.5, 0.6) is 0 Å². The van der Waals surface area contributed by atoms with E-state index in [9.17, 15) is 10.1 Å². The van der Waals surface area contributed by atoms with Crippen molar-refractivity contribution in [2.45, 2.75) is 39.7 Å². The lowest BCUT2D eigenvalue weighted by atomic mass is 10.1. The fourth-order valence-electron chi connectivity index (χ4n) is 1.94. The van der Waals surface area contributed by atoms with Crippen molar-refractivity contribution < 1.29 is 4.92 Å². The van der Waals surface area contributed by atoms with Crippen molar-refractivity contribution in [3.05, 3.63) is 27.9 Å². The van der Waals surface area contributed by atoms with E-state index in [0.717, 1.165) is 18.7 Å². The van der Waals surface area contributed by atoms with Crippen molar-refractivity contribution >= 4 is 11.5 Å². The van der Waals surface area contributed by atoms with Crippen LogP contribution in [0, 0.1) is 17.0 Å². The van der Waals surface area contributed by atoms with Crippen molar-refractivity contribution in [2.24, 2.45) is 0 Å². The first-order chi connectivity index (χ1) is 8.01. The average Bonchev–Trinajstić information content (AvgIpc) is 2.29. The lowest BCUT2D eigenvalue weighted by Crippen LogP contribution is -2.31. The molecule has 17 heavy (non-hydrogen) atoms. The number of pyridine rings is 1. The summed E-state index contributed by atoms with van der Waals surface area (Å²) in [6, 6.07) is 2.19. The van der Waals surface area contributed by atoms with Crippen LogP contribution in [0.1, 0.15) is 32.3 Å². The first kappa shape index (κ1) is 13.4. The normalized spacial score (nSPS) is 10.6. The summed E-state index contributed by atoms with van der Waals surface area (Å²) in [5.41, 5.74) is 0.726. The summed E-state index contributed by atoms with van der Waals surface area (Å²) < 4.78 is 0. The number of aryl methyl sites for hydroxylation is 1. The van der Waals surface area contributed by atoms with Gasteiger partial charge in [-0.3, -0.25) is 10.1 Å². The van der Waals surface area contributed by atoms with Crippen LogP contribution < -0.4 is 4.90 Å². The summed E-state index contributed by atoms with van der Waals surface area (Å²) in [7, 11) is 1.98. The van der Waals surface area contributed by atoms with Crippen LogP contribution in [0.3, 0.4) is 0 Å². The van der Waals surface area contributed by atoms with Gasteiger partial charge in [-0.2, -0.15) is 0 Å². The van der Waals surface area contributed by atoms with Gasteiger partial charge in [0.15, 0.2) is 0 Å². The molecular formula is C12H19N3O2. The van der Waals surface area contributed by atoms with Crippen molar-refractivity contribution in [3.63, 3.8) is 0 Å². The molecule has 5 heteroatoms. The number of hydrogen-bond donors (Lipinski definition) is 0. The molecule has 5 nitrogen and oxygen atoms in total. The Morgan fingerprint density at radius 1 is 1.47 bits per heavy atom. The summed E-state index contributed by atoms with van der Waals surface area (Å²) in [6.45, 7) is 6.00. The Labute approximate surface area is 102 Å². The van der Waals surface area contributed by atoms with E-state index in [1.54, 1.807) is 13.0 Å². The van der Waals surface area contributed by atoms with E-state index >= 15 is 0 Å². The zero-order valence-electron chi connectivity index (χ0n) is 10.8. The number of aromatic nitrogens is 1. The maximum Gasteiger partial charge on any atom is 0.290 e. The maximum absolute atomic E-state index is 10.7. The minimum atomic E-state index is -0.400. The van der Waals surface area contributed by atoms with E-state index in [0.29, 0.717) is 11.6 Å². The minimum Gasteiger partial charge on any atom is -0.357 e. The van der Waals surface area contributed by atoms with E-state index in [1.807, 2.05) is 7.05 Å². The molecule has 0 saturated heterocycles. The third-order valence-electron chi connectivity index (χ3n) is 3.12. The average molecular weight is 237 g/mol. The zero-order chi connectivity index (χ0) is 13.0. The zero-order valence-corrected chi connectivity index (χ0v) is 10.8. The predicted octanol–water partition coefficient (Wildman–Crippen LogP) is 2.92. The molecule has 0 atom stereocenters. The van der Waals surface area contributed by atoms with Gasteiger partial charge in [-0.1, -0.05) is 13.8 Å². The van der Waals surface area contributed by atoms with E-state index in [4.69, 9.17) is 0 Å². The molecule has 1 aromatic rings. The molecule has 0 N–H and O–H groups in total. The van der Waals surface area contributed by atoms with E-state index in [2.05, 4.69) is 23.7 Å². The van der Waals surface area contributed by atoms with Crippen LogP contribution in [0.25, 0.3) is 0 Å². The van der Waals surface area contributed by atoms with Crippen LogP contribution in [-0.4, -0.2) is 23.0 Å². The van der Waals surface area contributed by atoms with Crippen LogP contribution in [0.4, 0.5) is 11.5 Å². The smallest absolute Gasteiger partial charge is 0.290 e. The Hall–Kier alpha value is -1.65. The predicted molar refractivity (Wildman–Crippen MR) is 68.4 cm³/mol. The van der Waals surface area contributed by atoms with Gasteiger partial charge in [-0.25, -0.2) is 4.98 Å². The monoisotopic (exact) mass is 237 g/mol. The molecule has 94 valence electrons. The molecule has 0 radical (unpaired) electrons. The third kappa shape index (κ3) is 2.93. The van der Waals surface area contributed by atoms with Crippen LogP contribution in [0.2, 0.25) is 0 Å². The van der Waals surface area contributed by atoms with E-state index in [1.165, 1.54) is 6.20 Å². The number of nitro groups is 1. The van der Waals surface area contributed by atoms with Crippen LogP contribution >= 0.6 is 0 Å². The number of anilines is 1. The quantitative estimate of drug-likeness (QED) is 0.583. The van der Waals surface area contributed by atoms with Crippen molar-refractivity contribution in [1.29, 1.82) is 0 Å². The molecule has 0 aliphatic rings. The second-order valence-electron chi connectivity index (χ2n) is 4.17. The SMILES string of the molecule is CCC(CC)N(C)c1cc(C)c([N+](=O)[O-])cn1. The van der Waals surface area contributed by atoms with E-state index < -0.39 is 4.92 Å². The molecule has 0 spiro atoms. The first-order valence-corrected chi connectivity index (χ1v) is 5.85. The Balaban J connectivity index is 3.00. The molecule has 0 unspecified atom stereocenters. The minimum absolute atomic E-state index is 0.0756. The highest BCUT2D eigenvalue weighted by molar-refractivity contribution is 5.48. The highest BCUT2D eigenvalue weighted by atomic mass is 16.6. The van der Waals surface area contributed by atoms with Gasteiger partial charge in [0.05, 0.1) is 4.92 Å². The summed E-state index contributed by atoms with van der Waals surface area (Å²) in [5, 5.41) is 10.7. The lowest BCUT2D eigenvalue weighted by molar-refractivity contribution is -0.385. The van der Waals surface area contributed by atoms with Gasteiger partial charge in [0, 0.05) is 18.7 Å². The molecule has 1 rings (SSSR count). The molecule has 0 aliphatic carbocycles. The molecule has 1 aromatic heterocycles. The molecule has 0 fully saturated rings. The highest BCUT2D eigenvalue weighted by Gasteiger charge is 2.16.